The standard InChI is InChI=1S/C25H19N3O2/c26-16-18-12-14-27-19(15-18)7-5-6-13-28-25(29)30-17-24-22-10-3-1-8-20(22)21-9-2-4-11-23(21)24/h1-4,8-12,14-15,24H,6,13,17H2,(H,28,29). The van der Waals surface area contributed by atoms with Gasteiger partial charge in [-0.25, -0.2) is 9.78 Å². The molecule has 0 fully saturated rings. The maximum absolute atomic E-state index is 12.1. The largest absolute Gasteiger partial charge is 0.449 e. The molecule has 1 amide bonds. The third-order valence-corrected chi connectivity index (χ3v) is 4.97. The van der Waals surface area contributed by atoms with Crippen molar-refractivity contribution >= 4 is 6.09 Å². The number of carbonyl (C=O) groups is 1. The molecule has 1 aliphatic rings. The van der Waals surface area contributed by atoms with E-state index in [1.807, 2.05) is 24.3 Å². The zero-order valence-electron chi connectivity index (χ0n) is 16.3. The first-order valence-corrected chi connectivity index (χ1v) is 9.70. The van der Waals surface area contributed by atoms with Crippen LogP contribution in [0.5, 0.6) is 0 Å². The Morgan fingerprint density at radius 3 is 2.47 bits per heavy atom. The summed E-state index contributed by atoms with van der Waals surface area (Å²) in [6.07, 6.45) is 1.56. The number of hydrogen-bond donors (Lipinski definition) is 1. The van der Waals surface area contributed by atoms with Crippen molar-refractivity contribution in [3.63, 3.8) is 0 Å². The molecule has 1 N–H and O–H groups in total. The van der Waals surface area contributed by atoms with Crippen molar-refractivity contribution in [1.29, 1.82) is 5.26 Å². The van der Waals surface area contributed by atoms with Gasteiger partial charge in [0.25, 0.3) is 0 Å². The summed E-state index contributed by atoms with van der Waals surface area (Å²) in [4.78, 5) is 16.2. The molecule has 0 radical (unpaired) electrons. The molecule has 3 aromatic rings. The van der Waals surface area contributed by atoms with Crippen molar-refractivity contribution < 1.29 is 9.53 Å². The Bertz CT molecular complexity index is 1140. The van der Waals surface area contributed by atoms with Gasteiger partial charge in [-0.3, -0.25) is 0 Å². The van der Waals surface area contributed by atoms with Crippen molar-refractivity contribution in [3.05, 3.63) is 89.2 Å². The Labute approximate surface area is 175 Å². The van der Waals surface area contributed by atoms with E-state index in [2.05, 4.69) is 52.5 Å². The van der Waals surface area contributed by atoms with E-state index in [4.69, 9.17) is 10.00 Å². The minimum absolute atomic E-state index is 0.0430. The van der Waals surface area contributed by atoms with Crippen molar-refractivity contribution in [2.45, 2.75) is 12.3 Å². The van der Waals surface area contributed by atoms with Crippen molar-refractivity contribution in [3.8, 4) is 29.0 Å². The number of alkyl carbamates (subject to hydrolysis) is 1. The number of ether oxygens (including phenoxy) is 1. The summed E-state index contributed by atoms with van der Waals surface area (Å²) in [5.41, 5.74) is 5.83. The second kappa shape index (κ2) is 8.94. The summed E-state index contributed by atoms with van der Waals surface area (Å²) in [6.45, 7) is 0.665. The highest BCUT2D eigenvalue weighted by Crippen LogP contribution is 2.44. The maximum Gasteiger partial charge on any atom is 0.407 e. The number of amides is 1. The number of pyridine rings is 1. The summed E-state index contributed by atoms with van der Waals surface area (Å²) in [5, 5.41) is 11.6. The van der Waals surface area contributed by atoms with Crippen LogP contribution in [0.1, 0.15) is 34.7 Å². The number of aromatic nitrogens is 1. The molecule has 5 heteroatoms. The molecule has 2 aromatic carbocycles. The number of nitriles is 1. The van der Waals surface area contributed by atoms with Crippen LogP contribution in [-0.4, -0.2) is 24.2 Å². The Morgan fingerprint density at radius 2 is 1.77 bits per heavy atom. The second-order valence-corrected chi connectivity index (χ2v) is 6.85. The van der Waals surface area contributed by atoms with Gasteiger partial charge in [0.05, 0.1) is 11.6 Å². The highest BCUT2D eigenvalue weighted by atomic mass is 16.5. The normalized spacial score (nSPS) is 11.4. The molecule has 0 aliphatic heterocycles. The average molecular weight is 393 g/mol. The van der Waals surface area contributed by atoms with Crippen LogP contribution in [-0.2, 0) is 4.74 Å². The molecule has 30 heavy (non-hydrogen) atoms. The molecular formula is C25H19N3O2. The molecule has 0 atom stereocenters. The van der Waals surface area contributed by atoms with Crippen LogP contribution in [0.3, 0.4) is 0 Å². The molecule has 4 rings (SSSR count). The van der Waals surface area contributed by atoms with Gasteiger partial charge in [0.2, 0.25) is 0 Å². The molecule has 1 aliphatic carbocycles. The van der Waals surface area contributed by atoms with Crippen LogP contribution < -0.4 is 5.32 Å². The fourth-order valence-corrected chi connectivity index (χ4v) is 3.60. The predicted molar refractivity (Wildman–Crippen MR) is 114 cm³/mol. The fraction of sp³-hybridized carbons (Fsp3) is 0.160. The van der Waals surface area contributed by atoms with Gasteiger partial charge in [-0.2, -0.15) is 5.26 Å². The maximum atomic E-state index is 12.1. The monoisotopic (exact) mass is 393 g/mol. The topological polar surface area (TPSA) is 75.0 Å². The molecule has 0 saturated carbocycles. The molecular weight excluding hydrogens is 374 g/mol. The van der Waals surface area contributed by atoms with Crippen LogP contribution in [0, 0.1) is 23.2 Å². The zero-order valence-corrected chi connectivity index (χ0v) is 16.3. The van der Waals surface area contributed by atoms with Gasteiger partial charge in [-0.15, -0.1) is 0 Å². The Hall–Kier alpha value is -4.09. The van der Waals surface area contributed by atoms with Gasteiger partial charge < -0.3 is 10.1 Å². The first-order chi connectivity index (χ1) is 14.8. The lowest BCUT2D eigenvalue weighted by Gasteiger charge is -2.14. The third-order valence-electron chi connectivity index (χ3n) is 4.97. The summed E-state index contributed by atoms with van der Waals surface area (Å²) in [7, 11) is 0. The van der Waals surface area contributed by atoms with E-state index in [9.17, 15) is 4.79 Å². The van der Waals surface area contributed by atoms with Gasteiger partial charge in [-0.05, 0) is 40.3 Å². The number of fused-ring (bicyclic) bond motifs is 3. The van der Waals surface area contributed by atoms with E-state index < -0.39 is 6.09 Å². The Balaban J connectivity index is 1.29. The van der Waals surface area contributed by atoms with Crippen LogP contribution in [0.4, 0.5) is 4.79 Å². The predicted octanol–water partition coefficient (Wildman–Crippen LogP) is 4.23. The van der Waals surface area contributed by atoms with E-state index in [0.717, 1.165) is 0 Å². The lowest BCUT2D eigenvalue weighted by atomic mass is 9.98. The van der Waals surface area contributed by atoms with Gasteiger partial charge in [0.1, 0.15) is 12.3 Å². The van der Waals surface area contributed by atoms with Gasteiger partial charge >= 0.3 is 6.09 Å². The molecule has 5 nitrogen and oxygen atoms in total. The number of benzene rings is 2. The van der Waals surface area contributed by atoms with Gasteiger partial charge in [0, 0.05) is 25.1 Å². The first-order valence-electron chi connectivity index (χ1n) is 9.70. The number of hydrogen-bond acceptors (Lipinski definition) is 4. The van der Waals surface area contributed by atoms with Gasteiger partial charge in [0.15, 0.2) is 0 Å². The Morgan fingerprint density at radius 1 is 1.07 bits per heavy atom. The number of rotatable bonds is 4. The fourth-order valence-electron chi connectivity index (χ4n) is 3.60. The highest BCUT2D eigenvalue weighted by Gasteiger charge is 2.28. The molecule has 1 aromatic heterocycles. The minimum Gasteiger partial charge on any atom is -0.449 e. The second-order valence-electron chi connectivity index (χ2n) is 6.85. The van der Waals surface area contributed by atoms with Crippen LogP contribution in [0.15, 0.2) is 66.9 Å². The summed E-state index contributed by atoms with van der Waals surface area (Å²) >= 11 is 0. The Kier molecular flexibility index (Phi) is 5.73. The molecule has 1 heterocycles. The number of nitrogens with zero attached hydrogens (tertiary/aromatic N) is 2. The van der Waals surface area contributed by atoms with Gasteiger partial charge in [-0.1, -0.05) is 54.5 Å². The molecule has 0 unspecified atom stereocenters. The highest BCUT2D eigenvalue weighted by molar-refractivity contribution is 5.79. The van der Waals surface area contributed by atoms with Crippen molar-refractivity contribution in [1.82, 2.24) is 10.3 Å². The van der Waals surface area contributed by atoms with E-state index >= 15 is 0 Å². The van der Waals surface area contributed by atoms with Crippen LogP contribution >= 0.6 is 0 Å². The summed E-state index contributed by atoms with van der Waals surface area (Å²) in [5.74, 6) is 5.87. The van der Waals surface area contributed by atoms with E-state index in [0.29, 0.717) is 24.2 Å². The van der Waals surface area contributed by atoms with Crippen molar-refractivity contribution in [2.24, 2.45) is 0 Å². The summed E-state index contributed by atoms with van der Waals surface area (Å²) in [6, 6.07) is 21.8. The molecule has 146 valence electrons. The van der Waals surface area contributed by atoms with E-state index in [-0.39, 0.29) is 12.5 Å². The number of nitrogens with one attached hydrogen (secondary N) is 1. The SMILES string of the molecule is N#Cc1ccnc(C#CCCNC(=O)OCC2c3ccccc3-c3ccccc32)c1. The van der Waals surface area contributed by atoms with E-state index in [1.54, 1.807) is 18.3 Å². The lowest BCUT2D eigenvalue weighted by molar-refractivity contribution is 0.143. The molecule has 0 saturated heterocycles. The molecule has 0 bridgehead atoms. The van der Waals surface area contributed by atoms with Crippen LogP contribution in [0.25, 0.3) is 11.1 Å². The quantitative estimate of drug-likeness (QED) is 0.532. The lowest BCUT2D eigenvalue weighted by Crippen LogP contribution is -2.26. The number of carbonyl (C=O) groups excluding carboxylic acids is 1. The van der Waals surface area contributed by atoms with Crippen LogP contribution in [0.2, 0.25) is 0 Å². The average Bonchev–Trinajstić information content (AvgIpc) is 3.11. The third kappa shape index (κ3) is 4.16. The summed E-state index contributed by atoms with van der Waals surface area (Å²) < 4.78 is 5.49. The minimum atomic E-state index is -0.455. The van der Waals surface area contributed by atoms with E-state index in [1.165, 1.54) is 22.3 Å². The van der Waals surface area contributed by atoms with Crippen molar-refractivity contribution in [2.75, 3.05) is 13.2 Å². The smallest absolute Gasteiger partial charge is 0.407 e. The zero-order chi connectivity index (χ0) is 20.8. The molecule has 0 spiro atoms. The first kappa shape index (κ1) is 19.2.